The molecule has 0 aliphatic rings. The van der Waals surface area contributed by atoms with Crippen molar-refractivity contribution in [3.8, 4) is 0 Å². The van der Waals surface area contributed by atoms with E-state index in [4.69, 9.17) is 4.74 Å². The lowest BCUT2D eigenvalue weighted by Crippen LogP contribution is -2.39. The lowest BCUT2D eigenvalue weighted by molar-refractivity contribution is -0.158. The molecule has 3 aromatic rings. The van der Waals surface area contributed by atoms with Crippen LogP contribution in [0.4, 0.5) is 0 Å². The zero-order chi connectivity index (χ0) is 18.4. The summed E-state index contributed by atoms with van der Waals surface area (Å²) in [5.41, 5.74) is 1.70. The molecule has 0 aliphatic heterocycles. The average molecular weight is 346 g/mol. The van der Waals surface area contributed by atoms with Gasteiger partial charge in [0.15, 0.2) is 6.10 Å². The van der Waals surface area contributed by atoms with E-state index in [0.29, 0.717) is 6.42 Å². The molecule has 0 saturated heterocycles. The van der Waals surface area contributed by atoms with Crippen LogP contribution in [0.15, 0.2) is 91.0 Å². The number of carboxylic acid groups (broad SMARTS) is 1. The van der Waals surface area contributed by atoms with Crippen LogP contribution in [0.1, 0.15) is 30.0 Å². The molecule has 0 aliphatic carbocycles. The van der Waals surface area contributed by atoms with Crippen LogP contribution in [0.5, 0.6) is 0 Å². The van der Waals surface area contributed by atoms with Gasteiger partial charge in [0, 0.05) is 0 Å². The largest absolute Gasteiger partial charge is 0.479 e. The Balaban J connectivity index is 2.29. The fraction of sp³-hybridized carbons (Fsp3) is 0.174. The summed E-state index contributed by atoms with van der Waals surface area (Å²) in [5, 5.41) is 9.65. The number of ether oxygens (including phenoxy) is 1. The SMILES string of the molecule is CCC(OC(c1ccccc1)(c1ccccc1)c1ccccc1)C(=O)O. The minimum atomic E-state index is -0.997. The molecular formula is C23H22O3. The highest BCUT2D eigenvalue weighted by molar-refractivity contribution is 5.72. The first-order valence-corrected chi connectivity index (χ1v) is 8.75. The van der Waals surface area contributed by atoms with Crippen molar-refractivity contribution in [1.82, 2.24) is 0 Å². The summed E-state index contributed by atoms with van der Waals surface area (Å²) in [4.78, 5) is 11.8. The van der Waals surface area contributed by atoms with Crippen molar-refractivity contribution in [3.63, 3.8) is 0 Å². The Bertz CT molecular complexity index is 732. The lowest BCUT2D eigenvalue weighted by Gasteiger charge is -2.37. The predicted molar refractivity (Wildman–Crippen MR) is 102 cm³/mol. The molecule has 1 unspecified atom stereocenters. The second-order valence-electron chi connectivity index (χ2n) is 6.13. The number of hydrogen-bond acceptors (Lipinski definition) is 2. The molecule has 0 heterocycles. The monoisotopic (exact) mass is 346 g/mol. The van der Waals surface area contributed by atoms with Gasteiger partial charge in [0.2, 0.25) is 0 Å². The summed E-state index contributed by atoms with van der Waals surface area (Å²) in [6, 6.07) is 29.4. The topological polar surface area (TPSA) is 46.5 Å². The van der Waals surface area contributed by atoms with Crippen molar-refractivity contribution in [3.05, 3.63) is 108 Å². The summed E-state index contributed by atoms with van der Waals surface area (Å²) < 4.78 is 6.41. The van der Waals surface area contributed by atoms with E-state index in [1.807, 2.05) is 97.9 Å². The van der Waals surface area contributed by atoms with Gasteiger partial charge >= 0.3 is 5.97 Å². The van der Waals surface area contributed by atoms with Crippen LogP contribution in [-0.2, 0) is 15.1 Å². The van der Waals surface area contributed by atoms with E-state index in [9.17, 15) is 9.90 Å². The second kappa shape index (κ2) is 7.98. The molecule has 132 valence electrons. The van der Waals surface area contributed by atoms with Gasteiger partial charge in [-0.3, -0.25) is 0 Å². The molecule has 3 heteroatoms. The van der Waals surface area contributed by atoms with E-state index in [1.165, 1.54) is 0 Å². The van der Waals surface area contributed by atoms with Crippen LogP contribution in [0.3, 0.4) is 0 Å². The number of rotatable bonds is 7. The van der Waals surface area contributed by atoms with Crippen LogP contribution >= 0.6 is 0 Å². The van der Waals surface area contributed by atoms with E-state index >= 15 is 0 Å². The summed E-state index contributed by atoms with van der Waals surface area (Å²) in [6.07, 6.45) is -0.542. The Morgan fingerprint density at radius 2 is 1.15 bits per heavy atom. The van der Waals surface area contributed by atoms with Crippen LogP contribution in [0.25, 0.3) is 0 Å². The smallest absolute Gasteiger partial charge is 0.332 e. The third-order valence-corrected chi connectivity index (χ3v) is 4.51. The Hall–Kier alpha value is -2.91. The maximum absolute atomic E-state index is 11.8. The molecule has 0 fully saturated rings. The molecule has 0 radical (unpaired) electrons. The van der Waals surface area contributed by atoms with Gasteiger partial charge in [0.25, 0.3) is 0 Å². The zero-order valence-electron chi connectivity index (χ0n) is 14.7. The molecule has 0 saturated carbocycles. The van der Waals surface area contributed by atoms with Crippen LogP contribution in [-0.4, -0.2) is 17.2 Å². The van der Waals surface area contributed by atoms with Crippen molar-refractivity contribution >= 4 is 5.97 Å². The van der Waals surface area contributed by atoms with Gasteiger partial charge in [-0.15, -0.1) is 0 Å². The fourth-order valence-corrected chi connectivity index (χ4v) is 3.24. The molecule has 0 aromatic heterocycles. The highest BCUT2D eigenvalue weighted by atomic mass is 16.5. The van der Waals surface area contributed by atoms with Gasteiger partial charge in [-0.05, 0) is 23.1 Å². The first-order chi connectivity index (χ1) is 12.7. The third-order valence-electron chi connectivity index (χ3n) is 4.51. The van der Waals surface area contributed by atoms with Crippen molar-refractivity contribution in [1.29, 1.82) is 0 Å². The number of aliphatic carboxylic acids is 1. The molecule has 0 spiro atoms. The third kappa shape index (κ3) is 3.39. The predicted octanol–water partition coefficient (Wildman–Crippen LogP) is 4.86. The van der Waals surface area contributed by atoms with Gasteiger partial charge in [0.05, 0.1) is 0 Å². The number of carboxylic acids is 1. The van der Waals surface area contributed by atoms with E-state index in [0.717, 1.165) is 16.7 Å². The summed E-state index contributed by atoms with van der Waals surface area (Å²) in [6.45, 7) is 1.82. The van der Waals surface area contributed by atoms with Gasteiger partial charge in [0.1, 0.15) is 5.60 Å². The van der Waals surface area contributed by atoms with E-state index in [1.54, 1.807) is 0 Å². The molecule has 1 N–H and O–H groups in total. The normalized spacial score (nSPS) is 12.5. The van der Waals surface area contributed by atoms with Gasteiger partial charge in [-0.1, -0.05) is 97.9 Å². The second-order valence-corrected chi connectivity index (χ2v) is 6.13. The number of carbonyl (C=O) groups is 1. The van der Waals surface area contributed by atoms with Crippen LogP contribution in [0, 0.1) is 0 Å². The molecule has 0 bridgehead atoms. The molecular weight excluding hydrogens is 324 g/mol. The van der Waals surface area contributed by atoms with Crippen molar-refractivity contribution < 1.29 is 14.6 Å². The highest BCUT2D eigenvalue weighted by Crippen LogP contribution is 2.41. The molecule has 26 heavy (non-hydrogen) atoms. The molecule has 1 atom stereocenters. The van der Waals surface area contributed by atoms with Gasteiger partial charge in [-0.2, -0.15) is 0 Å². The van der Waals surface area contributed by atoms with Crippen molar-refractivity contribution in [2.75, 3.05) is 0 Å². The fourth-order valence-electron chi connectivity index (χ4n) is 3.24. The molecule has 0 amide bonds. The average Bonchev–Trinajstić information content (AvgIpc) is 2.71. The summed E-state index contributed by atoms with van der Waals surface area (Å²) >= 11 is 0. The number of hydrogen-bond donors (Lipinski definition) is 1. The van der Waals surface area contributed by atoms with E-state index < -0.39 is 17.7 Å². The molecule has 3 aromatic carbocycles. The molecule has 3 rings (SSSR count). The van der Waals surface area contributed by atoms with E-state index in [2.05, 4.69) is 0 Å². The van der Waals surface area contributed by atoms with Crippen LogP contribution in [0.2, 0.25) is 0 Å². The lowest BCUT2D eigenvalue weighted by atomic mass is 9.80. The Kier molecular flexibility index (Phi) is 5.49. The number of benzene rings is 3. The first-order valence-electron chi connectivity index (χ1n) is 8.75. The highest BCUT2D eigenvalue weighted by Gasteiger charge is 2.41. The van der Waals surface area contributed by atoms with Gasteiger partial charge < -0.3 is 9.84 Å². The maximum Gasteiger partial charge on any atom is 0.332 e. The Morgan fingerprint density at radius 3 is 1.42 bits per heavy atom. The maximum atomic E-state index is 11.8. The van der Waals surface area contributed by atoms with Crippen LogP contribution < -0.4 is 0 Å². The minimum Gasteiger partial charge on any atom is -0.479 e. The Labute approximate surface area is 153 Å². The van der Waals surface area contributed by atoms with Crippen molar-refractivity contribution in [2.24, 2.45) is 0 Å². The minimum absolute atomic E-state index is 0.379. The Morgan fingerprint density at radius 1 is 0.808 bits per heavy atom. The van der Waals surface area contributed by atoms with Gasteiger partial charge in [-0.25, -0.2) is 4.79 Å². The summed E-state index contributed by atoms with van der Waals surface area (Å²) in [7, 11) is 0. The quantitative estimate of drug-likeness (QED) is 0.622. The zero-order valence-corrected chi connectivity index (χ0v) is 14.7. The van der Waals surface area contributed by atoms with Crippen molar-refractivity contribution in [2.45, 2.75) is 25.0 Å². The molecule has 3 nitrogen and oxygen atoms in total. The first kappa shape index (κ1) is 17.9. The standard InChI is InChI=1S/C23H22O3/c1-2-21(22(24)25)26-23(18-12-6-3-7-13-18,19-14-8-4-9-15-19)20-16-10-5-11-17-20/h3-17,21H,2H2,1H3,(H,24,25). The summed E-state index contributed by atoms with van der Waals surface area (Å²) in [5.74, 6) is -0.959. The van der Waals surface area contributed by atoms with E-state index in [-0.39, 0.29) is 0 Å².